The number of likely N-dealkylation sites (N-methyl/N-ethyl adjacent to an activating group) is 1. The molecule has 1 fully saturated rings. The number of sulfonamides is 1. The molecule has 0 bridgehead atoms. The number of nitro benzene ring substituents is 1. The number of aliphatic imine (C=N–C) groups is 1. The van der Waals surface area contributed by atoms with Crippen LogP contribution in [-0.2, 0) is 14.8 Å². The first-order valence-electron chi connectivity index (χ1n) is 9.07. The number of nitrogens with zero attached hydrogens (tertiary/aromatic N) is 3. The molecular weight excluding hydrogens is 513 g/mol. The highest BCUT2D eigenvalue weighted by Crippen LogP contribution is 2.28. The Balaban J connectivity index is 0.00000420. The molecule has 0 aliphatic heterocycles. The Labute approximate surface area is 188 Å². The molecule has 29 heavy (non-hydrogen) atoms. The van der Waals surface area contributed by atoms with Crippen molar-refractivity contribution < 1.29 is 18.1 Å². The van der Waals surface area contributed by atoms with Crippen molar-refractivity contribution in [3.05, 3.63) is 34.4 Å². The summed E-state index contributed by atoms with van der Waals surface area (Å²) < 4.78 is 32.6. The van der Waals surface area contributed by atoms with Gasteiger partial charge in [-0.3, -0.25) is 15.1 Å². The van der Waals surface area contributed by atoms with E-state index in [2.05, 4.69) is 15.0 Å². The number of hydrogen-bond acceptors (Lipinski definition) is 6. The highest BCUT2D eigenvalue weighted by atomic mass is 127. The quantitative estimate of drug-likeness (QED) is 0.108. The van der Waals surface area contributed by atoms with E-state index in [-0.39, 0.29) is 41.1 Å². The van der Waals surface area contributed by atoms with Crippen LogP contribution in [0.15, 0.2) is 34.2 Å². The molecular formula is C17H28IN5O5S. The Kier molecular flexibility index (Phi) is 10.8. The smallest absolute Gasteiger partial charge is 0.270 e. The standard InChI is InChI=1S/C17H27N5O5S.HI/c1-18-17(21(2)10-11-27-13-14-6-7-14)19-8-9-20-28(25,26)16-5-3-4-15(12-16)22(23)24;/h3-5,12,14,20H,6-11,13H2,1-2H3,(H,18,19);1H. The van der Waals surface area contributed by atoms with Crippen molar-refractivity contribution in [2.24, 2.45) is 10.9 Å². The van der Waals surface area contributed by atoms with Crippen molar-refractivity contribution in [3.8, 4) is 0 Å². The second kappa shape index (κ2) is 12.2. The van der Waals surface area contributed by atoms with Crippen molar-refractivity contribution in [1.82, 2.24) is 14.9 Å². The minimum absolute atomic E-state index is 0. The molecule has 12 heteroatoms. The summed E-state index contributed by atoms with van der Waals surface area (Å²) in [5.74, 6) is 1.35. The van der Waals surface area contributed by atoms with Gasteiger partial charge in [0.15, 0.2) is 5.96 Å². The topological polar surface area (TPSA) is 126 Å². The Bertz CT molecular complexity index is 801. The van der Waals surface area contributed by atoms with Crippen LogP contribution < -0.4 is 10.0 Å². The summed E-state index contributed by atoms with van der Waals surface area (Å²) >= 11 is 0. The van der Waals surface area contributed by atoms with Crippen LogP contribution >= 0.6 is 24.0 Å². The van der Waals surface area contributed by atoms with E-state index in [0.29, 0.717) is 25.7 Å². The lowest BCUT2D eigenvalue weighted by Gasteiger charge is -2.22. The van der Waals surface area contributed by atoms with Gasteiger partial charge in [-0.25, -0.2) is 13.1 Å². The molecule has 0 amide bonds. The van der Waals surface area contributed by atoms with Crippen molar-refractivity contribution in [3.63, 3.8) is 0 Å². The van der Waals surface area contributed by atoms with Crippen molar-refractivity contribution in [2.75, 3.05) is 46.9 Å². The number of benzene rings is 1. The van der Waals surface area contributed by atoms with Crippen LogP contribution in [0.3, 0.4) is 0 Å². The molecule has 1 saturated carbocycles. The summed E-state index contributed by atoms with van der Waals surface area (Å²) in [6.45, 7) is 2.50. The summed E-state index contributed by atoms with van der Waals surface area (Å²) in [7, 11) is -0.301. The number of nitro groups is 1. The Hall–Kier alpha value is -1.51. The number of nitrogens with one attached hydrogen (secondary N) is 2. The number of hydrogen-bond donors (Lipinski definition) is 2. The van der Waals surface area contributed by atoms with Crippen LogP contribution in [0.2, 0.25) is 0 Å². The van der Waals surface area contributed by atoms with Gasteiger partial charge in [-0.05, 0) is 24.8 Å². The lowest BCUT2D eigenvalue weighted by molar-refractivity contribution is -0.385. The molecule has 1 aliphatic carbocycles. The normalized spacial score (nSPS) is 14.2. The molecule has 0 aromatic heterocycles. The number of guanidine groups is 1. The van der Waals surface area contributed by atoms with Crippen LogP contribution in [0.5, 0.6) is 0 Å². The maximum absolute atomic E-state index is 12.3. The molecule has 1 aliphatic rings. The molecule has 164 valence electrons. The van der Waals surface area contributed by atoms with Crippen LogP contribution in [-0.4, -0.2) is 71.1 Å². The molecule has 0 unspecified atom stereocenters. The van der Waals surface area contributed by atoms with Gasteiger partial charge in [-0.15, -0.1) is 24.0 Å². The molecule has 2 N–H and O–H groups in total. The van der Waals surface area contributed by atoms with Gasteiger partial charge in [0.25, 0.3) is 5.69 Å². The predicted molar refractivity (Wildman–Crippen MR) is 121 cm³/mol. The van der Waals surface area contributed by atoms with Gasteiger partial charge in [-0.1, -0.05) is 6.07 Å². The minimum atomic E-state index is -3.83. The number of non-ortho nitro benzene ring substituents is 1. The third-order valence-electron chi connectivity index (χ3n) is 4.23. The summed E-state index contributed by atoms with van der Waals surface area (Å²) in [6, 6.07) is 4.93. The Morgan fingerprint density at radius 3 is 2.72 bits per heavy atom. The van der Waals surface area contributed by atoms with Crippen LogP contribution in [0.4, 0.5) is 5.69 Å². The number of rotatable bonds is 11. The molecule has 0 spiro atoms. The molecule has 0 saturated heterocycles. The highest BCUT2D eigenvalue weighted by Gasteiger charge is 2.21. The maximum Gasteiger partial charge on any atom is 0.270 e. The summed E-state index contributed by atoms with van der Waals surface area (Å²) in [6.07, 6.45) is 2.51. The average Bonchev–Trinajstić information content (AvgIpc) is 3.49. The van der Waals surface area contributed by atoms with Gasteiger partial charge in [-0.2, -0.15) is 0 Å². The second-order valence-electron chi connectivity index (χ2n) is 6.57. The van der Waals surface area contributed by atoms with Crippen molar-refractivity contribution in [2.45, 2.75) is 17.7 Å². The zero-order chi connectivity index (χ0) is 20.6. The van der Waals surface area contributed by atoms with Crippen LogP contribution in [0, 0.1) is 16.0 Å². The van der Waals surface area contributed by atoms with E-state index < -0.39 is 14.9 Å². The second-order valence-corrected chi connectivity index (χ2v) is 8.33. The van der Waals surface area contributed by atoms with E-state index in [1.807, 2.05) is 11.9 Å². The zero-order valence-corrected chi connectivity index (χ0v) is 19.7. The van der Waals surface area contributed by atoms with Crippen LogP contribution in [0.25, 0.3) is 0 Å². The maximum atomic E-state index is 12.3. The molecule has 0 atom stereocenters. The van der Waals surface area contributed by atoms with Gasteiger partial charge < -0.3 is 15.0 Å². The average molecular weight is 541 g/mol. The summed E-state index contributed by atoms with van der Waals surface area (Å²) in [5.41, 5.74) is -0.271. The summed E-state index contributed by atoms with van der Waals surface area (Å²) in [4.78, 5) is 16.1. The number of ether oxygens (including phenoxy) is 1. The number of halogens is 1. The van der Waals surface area contributed by atoms with E-state index in [0.717, 1.165) is 18.6 Å². The highest BCUT2D eigenvalue weighted by molar-refractivity contribution is 14.0. The fourth-order valence-electron chi connectivity index (χ4n) is 2.43. The van der Waals surface area contributed by atoms with E-state index >= 15 is 0 Å². The third kappa shape index (κ3) is 8.80. The predicted octanol–water partition coefficient (Wildman–Crippen LogP) is 1.42. The Morgan fingerprint density at radius 1 is 1.38 bits per heavy atom. The fourth-order valence-corrected chi connectivity index (χ4v) is 3.50. The molecule has 2 rings (SSSR count). The molecule has 1 aromatic rings. The molecule has 0 radical (unpaired) electrons. The first kappa shape index (κ1) is 25.5. The molecule has 10 nitrogen and oxygen atoms in total. The van der Waals surface area contributed by atoms with Gasteiger partial charge in [0.2, 0.25) is 10.0 Å². The van der Waals surface area contributed by atoms with Gasteiger partial charge >= 0.3 is 0 Å². The van der Waals surface area contributed by atoms with E-state index in [1.165, 1.54) is 31.0 Å². The van der Waals surface area contributed by atoms with Crippen LogP contribution in [0.1, 0.15) is 12.8 Å². The first-order chi connectivity index (χ1) is 13.3. The zero-order valence-electron chi connectivity index (χ0n) is 16.5. The lowest BCUT2D eigenvalue weighted by atomic mass is 10.3. The SMILES string of the molecule is CN=C(NCCNS(=O)(=O)c1cccc([N+](=O)[O-])c1)N(C)CCOCC1CC1.I. The van der Waals surface area contributed by atoms with Gasteiger partial charge in [0.05, 0.1) is 16.4 Å². The lowest BCUT2D eigenvalue weighted by Crippen LogP contribution is -2.43. The third-order valence-corrected chi connectivity index (χ3v) is 5.69. The largest absolute Gasteiger partial charge is 0.379 e. The Morgan fingerprint density at radius 2 is 2.10 bits per heavy atom. The minimum Gasteiger partial charge on any atom is -0.379 e. The van der Waals surface area contributed by atoms with E-state index in [9.17, 15) is 18.5 Å². The first-order valence-corrected chi connectivity index (χ1v) is 10.6. The monoisotopic (exact) mass is 541 g/mol. The van der Waals surface area contributed by atoms with Crippen molar-refractivity contribution >= 4 is 45.6 Å². The summed E-state index contributed by atoms with van der Waals surface area (Å²) in [5, 5.41) is 13.9. The fraction of sp³-hybridized carbons (Fsp3) is 0.588. The van der Waals surface area contributed by atoms with Gasteiger partial charge in [0, 0.05) is 52.5 Å². The molecule has 0 heterocycles. The van der Waals surface area contributed by atoms with Crippen molar-refractivity contribution in [1.29, 1.82) is 0 Å². The molecule has 1 aromatic carbocycles. The van der Waals surface area contributed by atoms with E-state index in [1.54, 1.807) is 7.05 Å². The van der Waals surface area contributed by atoms with E-state index in [4.69, 9.17) is 4.74 Å². The van der Waals surface area contributed by atoms with Gasteiger partial charge in [0.1, 0.15) is 0 Å².